The summed E-state index contributed by atoms with van der Waals surface area (Å²) in [5.41, 5.74) is 15.4. The molecular formula is C56H39N. The fourth-order valence-electron chi connectivity index (χ4n) is 8.13. The predicted octanol–water partition coefficient (Wildman–Crippen LogP) is 15.8. The summed E-state index contributed by atoms with van der Waals surface area (Å²) in [6, 6.07) is 85.5. The third-order valence-electron chi connectivity index (χ3n) is 11.1. The maximum Gasteiger partial charge on any atom is 0.0462 e. The summed E-state index contributed by atoms with van der Waals surface area (Å²) in [6.45, 7) is 0. The molecule has 0 amide bonds. The molecule has 0 aliphatic rings. The van der Waals surface area contributed by atoms with Gasteiger partial charge in [-0.3, -0.25) is 0 Å². The molecule has 1 nitrogen and oxygen atoms in total. The number of rotatable bonds is 8. The summed E-state index contributed by atoms with van der Waals surface area (Å²) < 4.78 is 0. The van der Waals surface area contributed by atoms with E-state index in [0.29, 0.717) is 0 Å². The molecule has 0 fully saturated rings. The van der Waals surface area contributed by atoms with Gasteiger partial charge in [0.25, 0.3) is 0 Å². The molecule has 268 valence electrons. The maximum absolute atomic E-state index is 2.36. The minimum absolute atomic E-state index is 1.10. The van der Waals surface area contributed by atoms with Gasteiger partial charge < -0.3 is 4.90 Å². The minimum atomic E-state index is 1.10. The summed E-state index contributed by atoms with van der Waals surface area (Å²) in [4.78, 5) is 2.36. The number of hydrogen-bond acceptors (Lipinski definition) is 1. The second-order valence-corrected chi connectivity index (χ2v) is 14.6. The van der Waals surface area contributed by atoms with E-state index in [1.54, 1.807) is 0 Å². The highest BCUT2D eigenvalue weighted by molar-refractivity contribution is 6.12. The van der Waals surface area contributed by atoms with Gasteiger partial charge in [0, 0.05) is 17.1 Å². The predicted molar refractivity (Wildman–Crippen MR) is 243 cm³/mol. The molecule has 0 bridgehead atoms. The first-order valence-electron chi connectivity index (χ1n) is 19.6. The molecule has 0 aromatic heterocycles. The van der Waals surface area contributed by atoms with Crippen molar-refractivity contribution in [1.29, 1.82) is 0 Å². The smallest absolute Gasteiger partial charge is 0.0462 e. The van der Waals surface area contributed by atoms with Gasteiger partial charge >= 0.3 is 0 Å². The van der Waals surface area contributed by atoms with Crippen molar-refractivity contribution in [2.75, 3.05) is 4.90 Å². The monoisotopic (exact) mass is 725 g/mol. The van der Waals surface area contributed by atoms with Crippen LogP contribution in [0.25, 0.3) is 77.2 Å². The average Bonchev–Trinajstić information content (AvgIpc) is 3.30. The lowest BCUT2D eigenvalue weighted by Crippen LogP contribution is -2.09. The van der Waals surface area contributed by atoms with Gasteiger partial charge in [0.1, 0.15) is 0 Å². The zero-order chi connectivity index (χ0) is 38.0. The Balaban J connectivity index is 1.01. The molecule has 0 aliphatic carbocycles. The Hall–Kier alpha value is -7.48. The zero-order valence-electron chi connectivity index (χ0n) is 31.5. The van der Waals surface area contributed by atoms with Crippen molar-refractivity contribution in [2.45, 2.75) is 0 Å². The van der Waals surface area contributed by atoms with Gasteiger partial charge in [0.2, 0.25) is 0 Å². The van der Waals surface area contributed by atoms with Crippen LogP contribution >= 0.6 is 0 Å². The Morgan fingerprint density at radius 1 is 0.211 bits per heavy atom. The van der Waals surface area contributed by atoms with Gasteiger partial charge in [-0.25, -0.2) is 0 Å². The number of benzene rings is 10. The van der Waals surface area contributed by atoms with Gasteiger partial charge in [0.15, 0.2) is 0 Å². The summed E-state index contributed by atoms with van der Waals surface area (Å²) >= 11 is 0. The normalized spacial score (nSPS) is 11.2. The highest BCUT2D eigenvalue weighted by atomic mass is 15.1. The van der Waals surface area contributed by atoms with Crippen LogP contribution in [-0.4, -0.2) is 0 Å². The lowest BCUT2D eigenvalue weighted by atomic mass is 9.92. The molecule has 0 unspecified atom stereocenters. The van der Waals surface area contributed by atoms with E-state index in [9.17, 15) is 0 Å². The van der Waals surface area contributed by atoms with Crippen molar-refractivity contribution in [3.8, 4) is 55.6 Å². The van der Waals surface area contributed by atoms with Crippen LogP contribution in [0.15, 0.2) is 237 Å². The Bertz CT molecular complexity index is 2750. The molecule has 0 atom stereocenters. The number of nitrogens with zero attached hydrogens (tertiary/aromatic N) is 1. The van der Waals surface area contributed by atoms with E-state index in [-0.39, 0.29) is 0 Å². The third kappa shape index (κ3) is 6.77. The second-order valence-electron chi connectivity index (χ2n) is 14.6. The lowest BCUT2D eigenvalue weighted by Gasteiger charge is -2.26. The molecule has 0 saturated heterocycles. The van der Waals surface area contributed by atoms with Crippen molar-refractivity contribution in [3.05, 3.63) is 237 Å². The molecular weight excluding hydrogens is 687 g/mol. The van der Waals surface area contributed by atoms with E-state index in [1.165, 1.54) is 77.2 Å². The third-order valence-corrected chi connectivity index (χ3v) is 11.1. The number of fused-ring (bicyclic) bond motifs is 2. The van der Waals surface area contributed by atoms with Gasteiger partial charge in [-0.1, -0.05) is 194 Å². The quantitative estimate of drug-likeness (QED) is 0.141. The Morgan fingerprint density at radius 2 is 0.474 bits per heavy atom. The molecule has 57 heavy (non-hydrogen) atoms. The van der Waals surface area contributed by atoms with Crippen LogP contribution in [0.1, 0.15) is 0 Å². The zero-order valence-corrected chi connectivity index (χ0v) is 31.5. The van der Waals surface area contributed by atoms with Crippen LogP contribution < -0.4 is 4.90 Å². The molecule has 0 spiro atoms. The Morgan fingerprint density at radius 3 is 0.825 bits per heavy atom. The summed E-state index contributed by atoms with van der Waals surface area (Å²) in [5, 5.41) is 5.03. The molecule has 0 N–H and O–H groups in total. The molecule has 0 heterocycles. The molecule has 10 rings (SSSR count). The van der Waals surface area contributed by atoms with Gasteiger partial charge in [-0.2, -0.15) is 0 Å². The first-order chi connectivity index (χ1) is 28.2. The fourth-order valence-corrected chi connectivity index (χ4v) is 8.13. The highest BCUT2D eigenvalue weighted by Crippen LogP contribution is 2.41. The van der Waals surface area contributed by atoms with Crippen molar-refractivity contribution in [2.24, 2.45) is 0 Å². The van der Waals surface area contributed by atoms with E-state index in [0.717, 1.165) is 17.1 Å². The minimum Gasteiger partial charge on any atom is -0.311 e. The molecule has 0 aliphatic heterocycles. The van der Waals surface area contributed by atoms with Crippen LogP contribution in [0.4, 0.5) is 17.1 Å². The summed E-state index contributed by atoms with van der Waals surface area (Å²) in [6.07, 6.45) is 0. The molecule has 0 saturated carbocycles. The van der Waals surface area contributed by atoms with E-state index in [1.807, 2.05) is 0 Å². The highest BCUT2D eigenvalue weighted by Gasteiger charge is 2.16. The SMILES string of the molecule is c1ccc(-c2ccc(-c3ccc(N(c4ccc(-c5ccc(-c6ccccc6)cc5)cc4)c4ccc(-c5c6ccccc6cc6ccccc56)cc4)cc3)cc2)cc1. The van der Waals surface area contributed by atoms with E-state index in [4.69, 9.17) is 0 Å². The Kier molecular flexibility index (Phi) is 8.95. The fraction of sp³-hybridized carbons (Fsp3) is 0. The number of hydrogen-bond donors (Lipinski definition) is 0. The summed E-state index contributed by atoms with van der Waals surface area (Å²) in [7, 11) is 0. The van der Waals surface area contributed by atoms with Crippen molar-refractivity contribution in [1.82, 2.24) is 0 Å². The van der Waals surface area contributed by atoms with Crippen LogP contribution in [0.5, 0.6) is 0 Å². The Labute approximate surface area is 334 Å². The largest absolute Gasteiger partial charge is 0.311 e. The molecule has 0 radical (unpaired) electrons. The van der Waals surface area contributed by atoms with E-state index < -0.39 is 0 Å². The van der Waals surface area contributed by atoms with Crippen LogP contribution in [0, 0.1) is 0 Å². The van der Waals surface area contributed by atoms with Gasteiger partial charge in [0.05, 0.1) is 0 Å². The van der Waals surface area contributed by atoms with E-state index in [2.05, 4.69) is 241 Å². The van der Waals surface area contributed by atoms with Crippen LogP contribution in [-0.2, 0) is 0 Å². The van der Waals surface area contributed by atoms with Crippen molar-refractivity contribution >= 4 is 38.6 Å². The maximum atomic E-state index is 2.36. The van der Waals surface area contributed by atoms with Gasteiger partial charge in [-0.05, 0) is 120 Å². The molecule has 10 aromatic rings. The van der Waals surface area contributed by atoms with Gasteiger partial charge in [-0.15, -0.1) is 0 Å². The van der Waals surface area contributed by atoms with Crippen LogP contribution in [0.3, 0.4) is 0 Å². The lowest BCUT2D eigenvalue weighted by molar-refractivity contribution is 1.28. The van der Waals surface area contributed by atoms with Crippen LogP contribution in [0.2, 0.25) is 0 Å². The second kappa shape index (κ2) is 15.0. The van der Waals surface area contributed by atoms with E-state index >= 15 is 0 Å². The number of anilines is 3. The van der Waals surface area contributed by atoms with Crippen molar-refractivity contribution in [3.63, 3.8) is 0 Å². The topological polar surface area (TPSA) is 3.24 Å². The van der Waals surface area contributed by atoms with Crippen molar-refractivity contribution < 1.29 is 0 Å². The standard InChI is InChI=1S/C56H39N/c1-3-11-40(12-4-1)42-19-23-44(24-20-42)46-27-33-51(34-28-46)57(52-35-29-47(30-36-52)45-25-21-43(22-26-45)41-13-5-2-6-14-41)53-37-31-48(32-38-53)56-54-17-9-7-15-49(54)39-50-16-8-10-18-55(50)56/h1-39H. The molecule has 10 aromatic carbocycles. The summed E-state index contributed by atoms with van der Waals surface area (Å²) in [5.74, 6) is 0. The molecule has 1 heteroatoms. The first kappa shape index (κ1) is 34.0. The average molecular weight is 726 g/mol. The first-order valence-corrected chi connectivity index (χ1v) is 19.6.